The lowest BCUT2D eigenvalue weighted by atomic mass is 10.00. The smallest absolute Gasteiger partial charge is 0.163 e. The Hall–Kier alpha value is -2.44. The van der Waals surface area contributed by atoms with Crippen molar-refractivity contribution in [1.82, 2.24) is 30.0 Å². The number of aryl methyl sites for hydroxylation is 2. The lowest BCUT2D eigenvalue weighted by Crippen LogP contribution is -2.04. The zero-order valence-corrected chi connectivity index (χ0v) is 14.4. The second-order valence-corrected chi connectivity index (χ2v) is 6.32. The molecule has 0 bridgehead atoms. The molecule has 0 atom stereocenters. The van der Waals surface area contributed by atoms with E-state index in [-0.39, 0.29) is 0 Å². The first kappa shape index (κ1) is 15.1. The summed E-state index contributed by atoms with van der Waals surface area (Å²) >= 11 is 12.4. The standard InChI is InChI=1S/C16H12Cl2N6/c1-9-3-5-12(11-6-4-10(17)7-13(11)18)15-14(9)16(23(2)20-15)24-8-19-21-22-24/h3-8H,1-2H3. The van der Waals surface area contributed by atoms with Gasteiger partial charge >= 0.3 is 0 Å². The largest absolute Gasteiger partial charge is 0.250 e. The fraction of sp³-hybridized carbons (Fsp3) is 0.125. The Bertz CT molecular complexity index is 1050. The maximum atomic E-state index is 6.39. The van der Waals surface area contributed by atoms with Gasteiger partial charge in [0.05, 0.1) is 5.39 Å². The Morgan fingerprint density at radius 2 is 1.83 bits per heavy atom. The van der Waals surface area contributed by atoms with Crippen molar-refractivity contribution in [3.63, 3.8) is 0 Å². The van der Waals surface area contributed by atoms with Crippen molar-refractivity contribution in [3.8, 4) is 16.9 Å². The molecule has 24 heavy (non-hydrogen) atoms. The molecule has 0 aliphatic heterocycles. The number of halogens is 2. The van der Waals surface area contributed by atoms with E-state index in [1.54, 1.807) is 21.8 Å². The van der Waals surface area contributed by atoms with Crippen LogP contribution in [0.25, 0.3) is 27.8 Å². The fourth-order valence-electron chi connectivity index (χ4n) is 2.88. The molecule has 0 amide bonds. The van der Waals surface area contributed by atoms with Gasteiger partial charge in [-0.05, 0) is 35.0 Å². The number of benzene rings is 2. The molecule has 0 aliphatic rings. The van der Waals surface area contributed by atoms with E-state index in [1.807, 2.05) is 38.2 Å². The number of rotatable bonds is 2. The van der Waals surface area contributed by atoms with Gasteiger partial charge < -0.3 is 0 Å². The van der Waals surface area contributed by atoms with Gasteiger partial charge in [0.1, 0.15) is 11.8 Å². The topological polar surface area (TPSA) is 61.4 Å². The number of hydrogen-bond acceptors (Lipinski definition) is 4. The van der Waals surface area contributed by atoms with E-state index < -0.39 is 0 Å². The Balaban J connectivity index is 2.06. The van der Waals surface area contributed by atoms with Crippen LogP contribution < -0.4 is 0 Å². The quantitative estimate of drug-likeness (QED) is 0.546. The van der Waals surface area contributed by atoms with Crippen LogP contribution in [0.3, 0.4) is 0 Å². The first-order valence-electron chi connectivity index (χ1n) is 7.21. The van der Waals surface area contributed by atoms with Gasteiger partial charge in [-0.2, -0.15) is 9.78 Å². The van der Waals surface area contributed by atoms with E-state index in [2.05, 4.69) is 20.6 Å². The van der Waals surface area contributed by atoms with Crippen molar-refractivity contribution in [2.75, 3.05) is 0 Å². The molecule has 0 N–H and O–H groups in total. The summed E-state index contributed by atoms with van der Waals surface area (Å²) < 4.78 is 3.37. The van der Waals surface area contributed by atoms with Gasteiger partial charge in [0.25, 0.3) is 0 Å². The molecule has 8 heteroatoms. The molecule has 0 saturated heterocycles. The molecule has 120 valence electrons. The van der Waals surface area contributed by atoms with Crippen molar-refractivity contribution in [1.29, 1.82) is 0 Å². The van der Waals surface area contributed by atoms with Crippen molar-refractivity contribution < 1.29 is 0 Å². The van der Waals surface area contributed by atoms with Crippen LogP contribution in [-0.4, -0.2) is 30.0 Å². The van der Waals surface area contributed by atoms with Crippen LogP contribution in [-0.2, 0) is 7.05 Å². The van der Waals surface area contributed by atoms with E-state index in [4.69, 9.17) is 23.2 Å². The predicted octanol–water partition coefficient (Wildman–Crippen LogP) is 3.83. The summed E-state index contributed by atoms with van der Waals surface area (Å²) in [6.07, 6.45) is 1.55. The van der Waals surface area contributed by atoms with Gasteiger partial charge in [-0.1, -0.05) is 41.4 Å². The van der Waals surface area contributed by atoms with Crippen molar-refractivity contribution in [2.24, 2.45) is 7.05 Å². The predicted molar refractivity (Wildman–Crippen MR) is 93.6 cm³/mol. The molecular weight excluding hydrogens is 347 g/mol. The molecule has 4 aromatic rings. The van der Waals surface area contributed by atoms with Crippen LogP contribution in [0, 0.1) is 6.92 Å². The Kier molecular flexibility index (Phi) is 3.51. The normalized spacial score (nSPS) is 11.3. The summed E-state index contributed by atoms with van der Waals surface area (Å²) in [6.45, 7) is 2.03. The van der Waals surface area contributed by atoms with Gasteiger partial charge in [0.2, 0.25) is 0 Å². The zero-order valence-electron chi connectivity index (χ0n) is 12.9. The van der Waals surface area contributed by atoms with Crippen LogP contribution in [0.1, 0.15) is 5.56 Å². The first-order valence-corrected chi connectivity index (χ1v) is 7.97. The second-order valence-electron chi connectivity index (χ2n) is 5.48. The molecule has 0 unspecified atom stereocenters. The molecule has 0 saturated carbocycles. The molecule has 2 aromatic carbocycles. The second kappa shape index (κ2) is 5.58. The zero-order chi connectivity index (χ0) is 16.8. The van der Waals surface area contributed by atoms with Crippen molar-refractivity contribution >= 4 is 34.1 Å². The third kappa shape index (κ3) is 2.26. The van der Waals surface area contributed by atoms with Gasteiger partial charge in [0.15, 0.2) is 5.82 Å². The number of hydrogen-bond donors (Lipinski definition) is 0. The fourth-order valence-corrected chi connectivity index (χ4v) is 3.39. The number of nitrogens with zero attached hydrogens (tertiary/aromatic N) is 6. The van der Waals surface area contributed by atoms with E-state index >= 15 is 0 Å². The number of tetrazole rings is 1. The molecule has 0 aliphatic carbocycles. The maximum Gasteiger partial charge on any atom is 0.163 e. The highest BCUT2D eigenvalue weighted by atomic mass is 35.5. The average Bonchev–Trinajstić information content (AvgIpc) is 3.16. The van der Waals surface area contributed by atoms with Gasteiger partial charge in [0, 0.05) is 28.2 Å². The van der Waals surface area contributed by atoms with Gasteiger partial charge in [-0.15, -0.1) is 5.10 Å². The molecule has 0 spiro atoms. The lowest BCUT2D eigenvalue weighted by Gasteiger charge is -2.08. The van der Waals surface area contributed by atoms with Crippen molar-refractivity contribution in [2.45, 2.75) is 6.92 Å². The summed E-state index contributed by atoms with van der Waals surface area (Å²) in [5.41, 5.74) is 3.74. The Morgan fingerprint density at radius 3 is 2.54 bits per heavy atom. The highest BCUT2D eigenvalue weighted by Crippen LogP contribution is 2.37. The maximum absolute atomic E-state index is 6.39. The summed E-state index contributed by atoms with van der Waals surface area (Å²) in [5, 5.41) is 18.3. The SMILES string of the molecule is Cc1ccc(-c2ccc(Cl)cc2Cl)c2nn(C)c(-n3cnnn3)c12. The summed E-state index contributed by atoms with van der Waals surface area (Å²) in [6, 6.07) is 9.51. The molecule has 2 aromatic heterocycles. The number of fused-ring (bicyclic) bond motifs is 1. The first-order chi connectivity index (χ1) is 11.6. The minimum atomic E-state index is 0.585. The van der Waals surface area contributed by atoms with E-state index in [1.165, 1.54) is 0 Å². The average molecular weight is 359 g/mol. The molecule has 2 heterocycles. The molecule has 4 rings (SSSR count). The summed E-state index contributed by atoms with van der Waals surface area (Å²) in [4.78, 5) is 0. The Labute approximate surface area is 147 Å². The monoisotopic (exact) mass is 358 g/mol. The molecule has 0 radical (unpaired) electrons. The van der Waals surface area contributed by atoms with Crippen LogP contribution in [0.4, 0.5) is 0 Å². The molecule has 0 fully saturated rings. The van der Waals surface area contributed by atoms with Crippen LogP contribution in [0.2, 0.25) is 10.0 Å². The number of aromatic nitrogens is 6. The van der Waals surface area contributed by atoms with Gasteiger partial charge in [-0.3, -0.25) is 0 Å². The third-order valence-electron chi connectivity index (χ3n) is 3.95. The minimum absolute atomic E-state index is 0.585. The Morgan fingerprint density at radius 1 is 1.04 bits per heavy atom. The third-order valence-corrected chi connectivity index (χ3v) is 4.50. The van der Waals surface area contributed by atoms with Crippen molar-refractivity contribution in [3.05, 3.63) is 52.3 Å². The van der Waals surface area contributed by atoms with Gasteiger partial charge in [-0.25, -0.2) is 4.68 Å². The summed E-state index contributed by atoms with van der Waals surface area (Å²) in [7, 11) is 1.86. The highest BCUT2D eigenvalue weighted by Gasteiger charge is 2.19. The van der Waals surface area contributed by atoms with E-state index in [0.29, 0.717) is 10.0 Å². The lowest BCUT2D eigenvalue weighted by molar-refractivity contribution is 0.686. The van der Waals surface area contributed by atoms with E-state index in [9.17, 15) is 0 Å². The van der Waals surface area contributed by atoms with Crippen LogP contribution >= 0.6 is 23.2 Å². The molecular formula is C16H12Cl2N6. The minimum Gasteiger partial charge on any atom is -0.250 e. The molecule has 6 nitrogen and oxygen atoms in total. The summed E-state index contributed by atoms with van der Waals surface area (Å²) in [5.74, 6) is 0.805. The van der Waals surface area contributed by atoms with Crippen LogP contribution in [0.5, 0.6) is 0 Å². The highest BCUT2D eigenvalue weighted by molar-refractivity contribution is 6.36. The van der Waals surface area contributed by atoms with E-state index in [0.717, 1.165) is 33.4 Å². The van der Waals surface area contributed by atoms with Crippen LogP contribution in [0.15, 0.2) is 36.7 Å².